The van der Waals surface area contributed by atoms with Gasteiger partial charge < -0.3 is 10.1 Å². The van der Waals surface area contributed by atoms with Gasteiger partial charge in [-0.1, -0.05) is 15.9 Å². The van der Waals surface area contributed by atoms with Gasteiger partial charge in [0.15, 0.2) is 0 Å². The SMILES string of the molecule is CC(C)(C)OC(=O)NC1CCCN(S(=O)(=O)c2ccc(Br)cc2)C1. The summed E-state index contributed by atoms with van der Waals surface area (Å²) in [5.41, 5.74) is -0.581. The summed E-state index contributed by atoms with van der Waals surface area (Å²) < 4.78 is 32.9. The first kappa shape index (κ1) is 19.2. The minimum atomic E-state index is -3.56. The number of amides is 1. The first-order valence-corrected chi connectivity index (χ1v) is 10.1. The highest BCUT2D eigenvalue weighted by Crippen LogP contribution is 2.22. The molecule has 0 aliphatic carbocycles. The Labute approximate surface area is 151 Å². The minimum Gasteiger partial charge on any atom is -0.444 e. The van der Waals surface area contributed by atoms with Crippen molar-refractivity contribution in [2.45, 2.75) is 50.2 Å². The van der Waals surface area contributed by atoms with Crippen LogP contribution in [0.3, 0.4) is 0 Å². The van der Waals surface area contributed by atoms with Crippen molar-refractivity contribution < 1.29 is 17.9 Å². The Balaban J connectivity index is 2.04. The molecule has 0 bridgehead atoms. The van der Waals surface area contributed by atoms with E-state index in [0.717, 1.165) is 10.9 Å². The average Bonchev–Trinajstić information content (AvgIpc) is 2.46. The van der Waals surface area contributed by atoms with E-state index in [1.807, 2.05) is 0 Å². The number of carbonyl (C=O) groups is 1. The monoisotopic (exact) mass is 418 g/mol. The number of piperidine rings is 1. The zero-order valence-electron chi connectivity index (χ0n) is 14.1. The zero-order valence-corrected chi connectivity index (χ0v) is 16.5. The molecule has 8 heteroatoms. The Morgan fingerprint density at radius 1 is 1.29 bits per heavy atom. The summed E-state index contributed by atoms with van der Waals surface area (Å²) in [4.78, 5) is 12.1. The Morgan fingerprint density at radius 2 is 1.92 bits per heavy atom. The number of carbonyl (C=O) groups excluding carboxylic acids is 1. The summed E-state index contributed by atoms with van der Waals surface area (Å²) >= 11 is 3.30. The molecule has 1 aromatic rings. The number of ether oxygens (including phenoxy) is 1. The predicted molar refractivity (Wildman–Crippen MR) is 95.3 cm³/mol. The van der Waals surface area contributed by atoms with E-state index in [1.54, 1.807) is 45.0 Å². The van der Waals surface area contributed by atoms with Crippen LogP contribution in [0.5, 0.6) is 0 Å². The Kier molecular flexibility index (Phi) is 5.93. The van der Waals surface area contributed by atoms with Crippen LogP contribution in [-0.2, 0) is 14.8 Å². The Morgan fingerprint density at radius 3 is 2.50 bits per heavy atom. The van der Waals surface area contributed by atoms with Gasteiger partial charge in [-0.3, -0.25) is 0 Å². The highest BCUT2D eigenvalue weighted by Gasteiger charge is 2.31. The molecule has 1 unspecified atom stereocenters. The lowest BCUT2D eigenvalue weighted by atomic mass is 10.1. The smallest absolute Gasteiger partial charge is 0.407 e. The number of benzene rings is 1. The van der Waals surface area contributed by atoms with Crippen LogP contribution < -0.4 is 5.32 Å². The van der Waals surface area contributed by atoms with Gasteiger partial charge in [0.1, 0.15) is 5.60 Å². The van der Waals surface area contributed by atoms with Crippen molar-refractivity contribution in [3.05, 3.63) is 28.7 Å². The van der Waals surface area contributed by atoms with E-state index in [0.29, 0.717) is 13.0 Å². The molecule has 2 rings (SSSR count). The molecule has 0 radical (unpaired) electrons. The molecule has 1 saturated heterocycles. The van der Waals surface area contributed by atoms with Gasteiger partial charge in [-0.15, -0.1) is 0 Å². The molecule has 6 nitrogen and oxygen atoms in total. The quantitative estimate of drug-likeness (QED) is 0.817. The number of nitrogens with one attached hydrogen (secondary N) is 1. The second-order valence-electron chi connectivity index (χ2n) is 6.80. The average molecular weight is 419 g/mol. The van der Waals surface area contributed by atoms with Crippen LogP contribution >= 0.6 is 15.9 Å². The molecule has 1 N–H and O–H groups in total. The topological polar surface area (TPSA) is 75.7 Å². The summed E-state index contributed by atoms with van der Waals surface area (Å²) in [7, 11) is -3.56. The summed E-state index contributed by atoms with van der Waals surface area (Å²) in [6.07, 6.45) is 0.900. The van der Waals surface area contributed by atoms with E-state index >= 15 is 0 Å². The van der Waals surface area contributed by atoms with Gasteiger partial charge in [-0.05, 0) is 57.9 Å². The summed E-state index contributed by atoms with van der Waals surface area (Å²) in [5.74, 6) is 0. The molecule has 134 valence electrons. The van der Waals surface area contributed by atoms with Crippen LogP contribution in [0, 0.1) is 0 Å². The molecular weight excluding hydrogens is 396 g/mol. The molecule has 1 fully saturated rings. The predicted octanol–water partition coefficient (Wildman–Crippen LogP) is 3.13. The van der Waals surface area contributed by atoms with Gasteiger partial charge in [0.25, 0.3) is 0 Å². The molecule has 24 heavy (non-hydrogen) atoms. The van der Waals surface area contributed by atoms with E-state index < -0.39 is 21.7 Å². The highest BCUT2D eigenvalue weighted by atomic mass is 79.9. The van der Waals surface area contributed by atoms with Gasteiger partial charge in [0.2, 0.25) is 10.0 Å². The van der Waals surface area contributed by atoms with E-state index in [4.69, 9.17) is 4.74 Å². The van der Waals surface area contributed by atoms with E-state index in [9.17, 15) is 13.2 Å². The van der Waals surface area contributed by atoms with Crippen molar-refractivity contribution in [3.63, 3.8) is 0 Å². The summed E-state index contributed by atoms with van der Waals surface area (Å²) in [6.45, 7) is 6.07. The van der Waals surface area contributed by atoms with Gasteiger partial charge in [0, 0.05) is 23.6 Å². The standard InChI is InChI=1S/C16H23BrN2O4S/c1-16(2,3)23-15(20)18-13-5-4-10-19(11-13)24(21,22)14-8-6-12(17)7-9-14/h6-9,13H,4-5,10-11H2,1-3H3,(H,18,20). The van der Waals surface area contributed by atoms with E-state index in [1.165, 1.54) is 4.31 Å². The van der Waals surface area contributed by atoms with Crippen LogP contribution in [-0.4, -0.2) is 43.5 Å². The second kappa shape index (κ2) is 7.41. The Bertz CT molecular complexity index is 683. The molecule has 1 aromatic carbocycles. The lowest BCUT2D eigenvalue weighted by molar-refractivity contribution is 0.0487. The molecule has 1 atom stereocenters. The molecule has 1 heterocycles. The third kappa shape index (κ3) is 5.19. The molecule has 0 spiro atoms. The molecule has 1 aliphatic rings. The molecule has 0 saturated carbocycles. The number of halogens is 1. The van der Waals surface area contributed by atoms with Crippen molar-refractivity contribution in [2.75, 3.05) is 13.1 Å². The van der Waals surface area contributed by atoms with Crippen LogP contribution in [0.15, 0.2) is 33.6 Å². The minimum absolute atomic E-state index is 0.248. The third-order valence-corrected chi connectivity index (χ3v) is 5.96. The maximum atomic E-state index is 12.7. The van der Waals surface area contributed by atoms with Gasteiger partial charge >= 0.3 is 6.09 Å². The normalized spacial score (nSPS) is 19.8. The lowest BCUT2D eigenvalue weighted by Gasteiger charge is -2.32. The van der Waals surface area contributed by atoms with Crippen LogP contribution in [0.1, 0.15) is 33.6 Å². The van der Waals surface area contributed by atoms with Gasteiger partial charge in [0.05, 0.1) is 4.90 Å². The second-order valence-corrected chi connectivity index (χ2v) is 9.66. The maximum Gasteiger partial charge on any atom is 0.407 e. The number of alkyl carbamates (subject to hydrolysis) is 1. The van der Waals surface area contributed by atoms with Crippen molar-refractivity contribution >= 4 is 32.0 Å². The first-order chi connectivity index (χ1) is 11.1. The Hall–Kier alpha value is -1.12. The number of nitrogens with zero attached hydrogens (tertiary/aromatic N) is 1. The number of hydrogen-bond donors (Lipinski definition) is 1. The molecule has 1 amide bonds. The van der Waals surface area contributed by atoms with Crippen molar-refractivity contribution in [3.8, 4) is 0 Å². The maximum absolute atomic E-state index is 12.7. The lowest BCUT2D eigenvalue weighted by Crippen LogP contribution is -2.50. The van der Waals surface area contributed by atoms with E-state index in [-0.39, 0.29) is 17.5 Å². The van der Waals surface area contributed by atoms with Crippen LogP contribution in [0.25, 0.3) is 0 Å². The third-order valence-electron chi connectivity index (χ3n) is 3.56. The molecule has 0 aromatic heterocycles. The fourth-order valence-corrected chi connectivity index (χ4v) is 4.30. The van der Waals surface area contributed by atoms with Gasteiger partial charge in [-0.2, -0.15) is 4.31 Å². The zero-order chi connectivity index (χ0) is 18.0. The first-order valence-electron chi connectivity index (χ1n) is 7.83. The van der Waals surface area contributed by atoms with Crippen molar-refractivity contribution in [2.24, 2.45) is 0 Å². The van der Waals surface area contributed by atoms with Crippen LogP contribution in [0.2, 0.25) is 0 Å². The number of sulfonamides is 1. The largest absolute Gasteiger partial charge is 0.444 e. The summed E-state index contributed by atoms with van der Waals surface area (Å²) in [6, 6.07) is 6.30. The fraction of sp³-hybridized carbons (Fsp3) is 0.562. The summed E-state index contributed by atoms with van der Waals surface area (Å²) in [5, 5.41) is 2.76. The highest BCUT2D eigenvalue weighted by molar-refractivity contribution is 9.10. The van der Waals surface area contributed by atoms with E-state index in [2.05, 4.69) is 21.2 Å². The van der Waals surface area contributed by atoms with Crippen molar-refractivity contribution in [1.29, 1.82) is 0 Å². The fourth-order valence-electron chi connectivity index (χ4n) is 2.51. The molecule has 1 aliphatic heterocycles. The molecular formula is C16H23BrN2O4S. The van der Waals surface area contributed by atoms with Gasteiger partial charge in [-0.25, -0.2) is 13.2 Å². The van der Waals surface area contributed by atoms with Crippen molar-refractivity contribution in [1.82, 2.24) is 9.62 Å². The number of hydrogen-bond acceptors (Lipinski definition) is 4. The number of rotatable bonds is 3. The van der Waals surface area contributed by atoms with Crippen LogP contribution in [0.4, 0.5) is 4.79 Å².